The largest absolute Gasteiger partial charge is 0.339 e. The van der Waals surface area contributed by atoms with Gasteiger partial charge in [0.2, 0.25) is 5.91 Å². The molecule has 1 aliphatic rings. The Morgan fingerprint density at radius 2 is 1.70 bits per heavy atom. The van der Waals surface area contributed by atoms with Gasteiger partial charge in [0.25, 0.3) is 0 Å². The summed E-state index contributed by atoms with van der Waals surface area (Å²) in [5.74, 6) is 0.0759. The lowest BCUT2D eigenvalue weighted by Gasteiger charge is -2.33. The van der Waals surface area contributed by atoms with Crippen LogP contribution in [0.1, 0.15) is 5.56 Å². The van der Waals surface area contributed by atoms with Crippen LogP contribution in [0.5, 0.6) is 0 Å². The molecule has 0 spiro atoms. The van der Waals surface area contributed by atoms with E-state index in [-0.39, 0.29) is 30.7 Å². The Morgan fingerprint density at radius 3 is 2.25 bits per heavy atom. The highest BCUT2D eigenvalue weighted by Crippen LogP contribution is 2.06. The number of amides is 1. The van der Waals surface area contributed by atoms with Crippen molar-refractivity contribution in [2.24, 2.45) is 5.73 Å². The molecule has 20 heavy (non-hydrogen) atoms. The van der Waals surface area contributed by atoms with Crippen LogP contribution in [0.4, 0.5) is 0 Å². The number of nitrogens with zero attached hydrogens (tertiary/aromatic N) is 2. The Kier molecular flexibility index (Phi) is 8.81. The summed E-state index contributed by atoms with van der Waals surface area (Å²) < 4.78 is 0. The van der Waals surface area contributed by atoms with Crippen molar-refractivity contribution in [2.75, 3.05) is 33.2 Å². The third kappa shape index (κ3) is 5.29. The zero-order valence-corrected chi connectivity index (χ0v) is 13.3. The summed E-state index contributed by atoms with van der Waals surface area (Å²) in [7, 11) is 2.08. The molecule has 1 atom stereocenters. The molecule has 4 nitrogen and oxygen atoms in total. The molecule has 1 amide bonds. The van der Waals surface area contributed by atoms with Crippen LogP contribution in [0.15, 0.2) is 30.3 Å². The van der Waals surface area contributed by atoms with Gasteiger partial charge in [-0.1, -0.05) is 30.3 Å². The van der Waals surface area contributed by atoms with E-state index < -0.39 is 6.04 Å². The van der Waals surface area contributed by atoms with E-state index in [1.54, 1.807) is 0 Å². The second-order valence-corrected chi connectivity index (χ2v) is 4.92. The summed E-state index contributed by atoms with van der Waals surface area (Å²) in [5.41, 5.74) is 7.13. The third-order valence-electron chi connectivity index (χ3n) is 3.43. The molecule has 2 rings (SSSR count). The molecular weight excluding hydrogens is 297 g/mol. The highest BCUT2D eigenvalue weighted by Gasteiger charge is 2.23. The first-order chi connectivity index (χ1) is 8.66. The Labute approximate surface area is 133 Å². The number of carbonyl (C=O) groups is 1. The lowest BCUT2D eigenvalue weighted by Crippen LogP contribution is -2.52. The summed E-state index contributed by atoms with van der Waals surface area (Å²) in [6.07, 6.45) is 0.617. The Balaban J connectivity index is 0.00000180. The maximum absolute atomic E-state index is 12.2. The number of hydrogen-bond acceptors (Lipinski definition) is 3. The zero-order chi connectivity index (χ0) is 13.0. The quantitative estimate of drug-likeness (QED) is 0.910. The maximum atomic E-state index is 12.2. The van der Waals surface area contributed by atoms with Crippen molar-refractivity contribution in [3.05, 3.63) is 35.9 Å². The van der Waals surface area contributed by atoms with Crippen LogP contribution in [0.3, 0.4) is 0 Å². The number of nitrogens with two attached hydrogens (primary N) is 1. The molecule has 0 radical (unpaired) electrons. The van der Waals surface area contributed by atoms with Crippen molar-refractivity contribution in [1.82, 2.24) is 9.80 Å². The van der Waals surface area contributed by atoms with Crippen molar-refractivity contribution in [2.45, 2.75) is 12.5 Å². The van der Waals surface area contributed by atoms with E-state index in [1.165, 1.54) is 0 Å². The van der Waals surface area contributed by atoms with Gasteiger partial charge in [0.05, 0.1) is 6.04 Å². The average molecular weight is 320 g/mol. The zero-order valence-electron chi connectivity index (χ0n) is 11.7. The predicted molar refractivity (Wildman–Crippen MR) is 86.7 cm³/mol. The summed E-state index contributed by atoms with van der Waals surface area (Å²) >= 11 is 0. The minimum atomic E-state index is -0.421. The first kappa shape index (κ1) is 19.2. The highest BCUT2D eigenvalue weighted by molar-refractivity contribution is 5.85. The molecule has 1 aromatic rings. The Morgan fingerprint density at radius 1 is 1.15 bits per heavy atom. The van der Waals surface area contributed by atoms with Gasteiger partial charge in [-0.15, -0.1) is 24.8 Å². The number of carbonyl (C=O) groups excluding carboxylic acids is 1. The number of rotatable bonds is 3. The normalized spacial score (nSPS) is 16.8. The van der Waals surface area contributed by atoms with Gasteiger partial charge in [0.1, 0.15) is 0 Å². The Bertz CT molecular complexity index is 395. The molecule has 1 unspecified atom stereocenters. The molecule has 0 saturated carbocycles. The van der Waals surface area contributed by atoms with Crippen molar-refractivity contribution >= 4 is 30.7 Å². The standard InChI is InChI=1S/C14H21N3O.2ClH/c1-16-7-9-17(10-8-16)14(18)13(15)11-12-5-3-2-4-6-12;;/h2-6,13H,7-11,15H2,1H3;2*1H. The molecule has 0 aromatic heterocycles. The van der Waals surface area contributed by atoms with Crippen molar-refractivity contribution in [3.8, 4) is 0 Å². The van der Waals surface area contributed by atoms with Crippen LogP contribution in [-0.2, 0) is 11.2 Å². The lowest BCUT2D eigenvalue weighted by atomic mass is 10.1. The number of hydrogen-bond donors (Lipinski definition) is 1. The predicted octanol–water partition coefficient (Wildman–Crippen LogP) is 1.17. The average Bonchev–Trinajstić information content (AvgIpc) is 2.40. The SMILES string of the molecule is CN1CCN(C(=O)C(N)Cc2ccccc2)CC1.Cl.Cl. The molecule has 1 fully saturated rings. The monoisotopic (exact) mass is 319 g/mol. The van der Waals surface area contributed by atoms with Gasteiger partial charge in [-0.2, -0.15) is 0 Å². The fourth-order valence-corrected chi connectivity index (χ4v) is 2.22. The van der Waals surface area contributed by atoms with Crippen LogP contribution in [0.2, 0.25) is 0 Å². The van der Waals surface area contributed by atoms with E-state index in [0.29, 0.717) is 6.42 Å². The molecule has 1 heterocycles. The number of halogens is 2. The summed E-state index contributed by atoms with van der Waals surface area (Å²) in [6.45, 7) is 3.45. The van der Waals surface area contributed by atoms with Gasteiger partial charge in [-0.3, -0.25) is 4.79 Å². The van der Waals surface area contributed by atoms with Gasteiger partial charge in [-0.05, 0) is 19.0 Å². The van der Waals surface area contributed by atoms with Crippen LogP contribution in [-0.4, -0.2) is 55.0 Å². The van der Waals surface area contributed by atoms with Gasteiger partial charge >= 0.3 is 0 Å². The number of benzene rings is 1. The van der Waals surface area contributed by atoms with Crippen LogP contribution >= 0.6 is 24.8 Å². The summed E-state index contributed by atoms with van der Waals surface area (Å²) in [4.78, 5) is 16.3. The number of piperazine rings is 1. The smallest absolute Gasteiger partial charge is 0.239 e. The summed E-state index contributed by atoms with van der Waals surface area (Å²) in [6, 6.07) is 9.52. The molecule has 1 aliphatic heterocycles. The summed E-state index contributed by atoms with van der Waals surface area (Å²) in [5, 5.41) is 0. The van der Waals surface area contributed by atoms with Crippen molar-refractivity contribution in [3.63, 3.8) is 0 Å². The van der Waals surface area contributed by atoms with Crippen LogP contribution < -0.4 is 5.73 Å². The van der Waals surface area contributed by atoms with E-state index in [0.717, 1.165) is 31.7 Å². The minimum absolute atomic E-state index is 0. The van der Waals surface area contributed by atoms with Gasteiger partial charge in [0.15, 0.2) is 0 Å². The first-order valence-electron chi connectivity index (χ1n) is 6.43. The van der Waals surface area contributed by atoms with Crippen molar-refractivity contribution in [1.29, 1.82) is 0 Å². The molecule has 0 aliphatic carbocycles. The van der Waals surface area contributed by atoms with E-state index in [1.807, 2.05) is 35.2 Å². The molecule has 2 N–H and O–H groups in total. The molecule has 1 aromatic carbocycles. The second-order valence-electron chi connectivity index (χ2n) is 4.92. The van der Waals surface area contributed by atoms with E-state index >= 15 is 0 Å². The first-order valence-corrected chi connectivity index (χ1v) is 6.43. The molecule has 6 heteroatoms. The maximum Gasteiger partial charge on any atom is 0.239 e. The second kappa shape index (κ2) is 9.19. The van der Waals surface area contributed by atoms with Crippen LogP contribution in [0.25, 0.3) is 0 Å². The van der Waals surface area contributed by atoms with Gasteiger partial charge in [0, 0.05) is 26.2 Å². The van der Waals surface area contributed by atoms with Crippen molar-refractivity contribution < 1.29 is 4.79 Å². The molecule has 1 saturated heterocycles. The molecule has 114 valence electrons. The fourth-order valence-electron chi connectivity index (χ4n) is 2.22. The lowest BCUT2D eigenvalue weighted by molar-refractivity contribution is -0.134. The topological polar surface area (TPSA) is 49.6 Å². The van der Waals surface area contributed by atoms with E-state index in [2.05, 4.69) is 11.9 Å². The van der Waals surface area contributed by atoms with Gasteiger partial charge < -0.3 is 15.5 Å². The Hall–Kier alpha value is -0.810. The van der Waals surface area contributed by atoms with Gasteiger partial charge in [-0.25, -0.2) is 0 Å². The third-order valence-corrected chi connectivity index (χ3v) is 3.43. The van der Waals surface area contributed by atoms with Crippen LogP contribution in [0, 0.1) is 0 Å². The molecular formula is C14H23Cl2N3O. The van der Waals surface area contributed by atoms with E-state index in [9.17, 15) is 4.79 Å². The minimum Gasteiger partial charge on any atom is -0.339 e. The molecule has 0 bridgehead atoms. The number of likely N-dealkylation sites (N-methyl/N-ethyl adjacent to an activating group) is 1. The fraction of sp³-hybridized carbons (Fsp3) is 0.500. The highest BCUT2D eigenvalue weighted by atomic mass is 35.5. The van der Waals surface area contributed by atoms with E-state index in [4.69, 9.17) is 5.73 Å².